The van der Waals surface area contributed by atoms with Crippen LogP contribution in [-0.2, 0) is 0 Å². The average molecular weight is 288 g/mol. The normalized spacial score (nSPS) is 14.6. The zero-order valence-electron chi connectivity index (χ0n) is 12.2. The van der Waals surface area contributed by atoms with E-state index in [9.17, 15) is 0 Å². The number of hydrogen-bond donors (Lipinski definition) is 0. The minimum absolute atomic E-state index is 0.836. The zero-order valence-corrected chi connectivity index (χ0v) is 13.2. The van der Waals surface area contributed by atoms with Crippen LogP contribution in [-0.4, -0.2) is 18.0 Å². The van der Waals surface area contributed by atoms with Crippen molar-refractivity contribution >= 4 is 18.6 Å². The van der Waals surface area contributed by atoms with Gasteiger partial charge < -0.3 is 0 Å². The van der Waals surface area contributed by atoms with Crippen molar-refractivity contribution in [2.24, 2.45) is 0 Å². The van der Waals surface area contributed by atoms with E-state index >= 15 is 0 Å². The molecular formula is C18H16N2Si. The molecule has 0 saturated carbocycles. The van der Waals surface area contributed by atoms with Crippen LogP contribution in [0.5, 0.6) is 0 Å². The first-order valence-corrected chi connectivity index (χ1v) is 10.2. The van der Waals surface area contributed by atoms with Gasteiger partial charge in [0.15, 0.2) is 5.82 Å². The fraction of sp³-hybridized carbons (Fsp3) is 0.111. The third-order valence-corrected chi connectivity index (χ3v) is 7.65. The van der Waals surface area contributed by atoms with Gasteiger partial charge in [0.2, 0.25) is 0 Å². The highest BCUT2D eigenvalue weighted by atomic mass is 28.3. The van der Waals surface area contributed by atoms with Gasteiger partial charge in [-0.2, -0.15) is 0 Å². The van der Waals surface area contributed by atoms with Crippen LogP contribution in [0, 0.1) is 0 Å². The quantitative estimate of drug-likeness (QED) is 0.643. The lowest BCUT2D eigenvalue weighted by Crippen LogP contribution is -2.50. The van der Waals surface area contributed by atoms with Gasteiger partial charge in [0.1, 0.15) is 8.07 Å². The molecule has 0 aliphatic carbocycles. The van der Waals surface area contributed by atoms with E-state index in [1.165, 1.54) is 21.6 Å². The van der Waals surface area contributed by atoms with Crippen molar-refractivity contribution in [2.45, 2.75) is 13.1 Å². The molecule has 1 aliphatic rings. The summed E-state index contributed by atoms with van der Waals surface area (Å²) < 4.78 is 0. The lowest BCUT2D eigenvalue weighted by molar-refractivity contribution is 1.21. The second-order valence-corrected chi connectivity index (χ2v) is 10.3. The van der Waals surface area contributed by atoms with Crippen molar-refractivity contribution in [1.82, 2.24) is 9.97 Å². The Hall–Kier alpha value is -2.26. The Balaban J connectivity index is 1.94. The summed E-state index contributed by atoms with van der Waals surface area (Å²) in [6.45, 7) is 4.75. The van der Waals surface area contributed by atoms with Gasteiger partial charge in [0.25, 0.3) is 0 Å². The van der Waals surface area contributed by atoms with Crippen LogP contribution in [0.1, 0.15) is 0 Å². The maximum atomic E-state index is 4.94. The standard InChI is InChI=1S/C18H16N2Si/c1-21(2)16-11-7-6-10-14(16)15-12-19-17(20-18(15)21)13-8-4-3-5-9-13/h3-12H,1-2H3. The third-order valence-electron chi connectivity index (χ3n) is 4.30. The minimum Gasteiger partial charge on any atom is -0.237 e. The van der Waals surface area contributed by atoms with Gasteiger partial charge in [-0.3, -0.25) is 0 Å². The van der Waals surface area contributed by atoms with E-state index in [1.54, 1.807) is 0 Å². The number of nitrogens with zero attached hydrogens (tertiary/aromatic N) is 2. The van der Waals surface area contributed by atoms with E-state index in [-0.39, 0.29) is 0 Å². The van der Waals surface area contributed by atoms with E-state index in [0.717, 1.165) is 11.4 Å². The second-order valence-electron chi connectivity index (χ2n) is 5.99. The molecule has 0 saturated heterocycles. The fourth-order valence-electron chi connectivity index (χ4n) is 3.17. The van der Waals surface area contributed by atoms with Gasteiger partial charge in [-0.05, 0) is 10.8 Å². The Labute approximate surface area is 125 Å². The molecular weight excluding hydrogens is 272 g/mol. The van der Waals surface area contributed by atoms with Crippen LogP contribution in [0.4, 0.5) is 0 Å². The van der Waals surface area contributed by atoms with Crippen LogP contribution < -0.4 is 10.5 Å². The number of benzene rings is 2. The van der Waals surface area contributed by atoms with Gasteiger partial charge in [-0.1, -0.05) is 67.7 Å². The first-order valence-electron chi connectivity index (χ1n) is 7.21. The highest BCUT2D eigenvalue weighted by Gasteiger charge is 2.39. The molecule has 0 bridgehead atoms. The summed E-state index contributed by atoms with van der Waals surface area (Å²) in [5, 5.41) is 2.73. The number of hydrogen-bond acceptors (Lipinski definition) is 2. The molecule has 0 radical (unpaired) electrons. The molecule has 4 rings (SSSR count). The highest BCUT2D eigenvalue weighted by molar-refractivity contribution is 7.03. The Kier molecular flexibility index (Phi) is 2.59. The minimum atomic E-state index is -1.70. The molecule has 0 N–H and O–H groups in total. The largest absolute Gasteiger partial charge is 0.237 e. The van der Waals surface area contributed by atoms with Crippen LogP contribution in [0.3, 0.4) is 0 Å². The lowest BCUT2D eigenvalue weighted by Gasteiger charge is -2.17. The molecule has 0 unspecified atom stereocenters. The van der Waals surface area contributed by atoms with Crippen LogP contribution in [0.25, 0.3) is 22.5 Å². The third kappa shape index (κ3) is 1.78. The molecule has 3 heteroatoms. The Morgan fingerprint density at radius 1 is 0.810 bits per heavy atom. The monoisotopic (exact) mass is 288 g/mol. The van der Waals surface area contributed by atoms with Crippen molar-refractivity contribution in [3.63, 3.8) is 0 Å². The van der Waals surface area contributed by atoms with E-state index in [2.05, 4.69) is 54.5 Å². The van der Waals surface area contributed by atoms with Crippen molar-refractivity contribution in [3.05, 3.63) is 60.8 Å². The molecule has 2 nitrogen and oxygen atoms in total. The van der Waals surface area contributed by atoms with Crippen LogP contribution in [0.15, 0.2) is 60.8 Å². The van der Waals surface area contributed by atoms with Gasteiger partial charge in [-0.25, -0.2) is 9.97 Å². The molecule has 2 aromatic carbocycles. The zero-order chi connectivity index (χ0) is 14.4. The summed E-state index contributed by atoms with van der Waals surface area (Å²) in [6, 6.07) is 18.9. The summed E-state index contributed by atoms with van der Waals surface area (Å²) >= 11 is 0. The Morgan fingerprint density at radius 2 is 1.52 bits per heavy atom. The molecule has 0 atom stereocenters. The Bertz CT molecular complexity index is 826. The molecule has 1 aliphatic heterocycles. The molecule has 102 valence electrons. The molecule has 0 spiro atoms. The van der Waals surface area contributed by atoms with Crippen LogP contribution >= 0.6 is 0 Å². The SMILES string of the molecule is C[Si]1(C)c2ccccc2-c2cnc(-c3ccccc3)nc21. The topological polar surface area (TPSA) is 25.8 Å². The average Bonchev–Trinajstić information content (AvgIpc) is 2.77. The lowest BCUT2D eigenvalue weighted by atomic mass is 10.1. The molecule has 21 heavy (non-hydrogen) atoms. The maximum absolute atomic E-state index is 4.94. The van der Waals surface area contributed by atoms with Gasteiger partial charge in [0.05, 0.1) is 0 Å². The predicted octanol–water partition coefficient (Wildman–Crippen LogP) is 2.95. The smallest absolute Gasteiger partial charge is 0.159 e. The van der Waals surface area contributed by atoms with E-state index in [0.29, 0.717) is 0 Å². The van der Waals surface area contributed by atoms with E-state index in [4.69, 9.17) is 4.98 Å². The number of rotatable bonds is 1. The number of aromatic nitrogens is 2. The fourth-order valence-corrected chi connectivity index (χ4v) is 6.09. The van der Waals surface area contributed by atoms with E-state index in [1.807, 2.05) is 24.4 Å². The summed E-state index contributed by atoms with van der Waals surface area (Å²) in [4.78, 5) is 9.54. The molecule has 0 amide bonds. The van der Waals surface area contributed by atoms with Crippen molar-refractivity contribution < 1.29 is 0 Å². The van der Waals surface area contributed by atoms with Crippen molar-refractivity contribution in [1.29, 1.82) is 0 Å². The van der Waals surface area contributed by atoms with Gasteiger partial charge >= 0.3 is 0 Å². The maximum Gasteiger partial charge on any atom is 0.159 e. The second kappa shape index (κ2) is 4.37. The first kappa shape index (κ1) is 12.5. The first-order chi connectivity index (χ1) is 10.2. The summed E-state index contributed by atoms with van der Waals surface area (Å²) in [5.74, 6) is 0.836. The predicted molar refractivity (Wildman–Crippen MR) is 89.7 cm³/mol. The number of fused-ring (bicyclic) bond motifs is 3. The molecule has 1 aromatic heterocycles. The summed E-state index contributed by atoms with van der Waals surface area (Å²) in [5.41, 5.74) is 3.63. The molecule has 0 fully saturated rings. The molecule has 2 heterocycles. The molecule has 3 aromatic rings. The van der Waals surface area contributed by atoms with Crippen LogP contribution in [0.2, 0.25) is 13.1 Å². The van der Waals surface area contributed by atoms with Gasteiger partial charge in [0, 0.05) is 22.6 Å². The van der Waals surface area contributed by atoms with Crippen molar-refractivity contribution in [3.8, 4) is 22.5 Å². The van der Waals surface area contributed by atoms with E-state index < -0.39 is 8.07 Å². The van der Waals surface area contributed by atoms with Crippen molar-refractivity contribution in [2.75, 3.05) is 0 Å². The Morgan fingerprint density at radius 3 is 2.33 bits per heavy atom. The summed E-state index contributed by atoms with van der Waals surface area (Å²) in [7, 11) is -1.70. The highest BCUT2D eigenvalue weighted by Crippen LogP contribution is 2.27. The summed E-state index contributed by atoms with van der Waals surface area (Å²) in [6.07, 6.45) is 2.01. The van der Waals surface area contributed by atoms with Gasteiger partial charge in [-0.15, -0.1) is 0 Å².